The normalized spacial score (nSPS) is 19.4. The summed E-state index contributed by atoms with van der Waals surface area (Å²) in [6, 6.07) is 13.2. The summed E-state index contributed by atoms with van der Waals surface area (Å²) in [5.41, 5.74) is 4.54. The van der Waals surface area contributed by atoms with E-state index in [0.717, 1.165) is 23.1 Å². The van der Waals surface area contributed by atoms with Gasteiger partial charge >= 0.3 is 6.61 Å². The highest BCUT2D eigenvalue weighted by atomic mass is 35.5. The lowest BCUT2D eigenvalue weighted by atomic mass is 9.75. The van der Waals surface area contributed by atoms with Crippen molar-refractivity contribution in [2.24, 2.45) is 5.41 Å². The van der Waals surface area contributed by atoms with Crippen LogP contribution >= 0.6 is 11.6 Å². The van der Waals surface area contributed by atoms with Crippen molar-refractivity contribution in [1.82, 2.24) is 0 Å². The first-order valence-electron chi connectivity index (χ1n) is 8.65. The third kappa shape index (κ3) is 3.98. The fraction of sp³-hybridized carbons (Fsp3) is 0.429. The highest BCUT2D eigenvalue weighted by molar-refractivity contribution is 6.17. The van der Waals surface area contributed by atoms with E-state index in [1.165, 1.54) is 18.4 Å². The maximum absolute atomic E-state index is 12.5. The van der Waals surface area contributed by atoms with Gasteiger partial charge in [-0.15, -0.1) is 11.6 Å². The summed E-state index contributed by atoms with van der Waals surface area (Å²) in [6.45, 7) is 1.79. The van der Waals surface area contributed by atoms with Gasteiger partial charge in [-0.3, -0.25) is 0 Å². The Kier molecular flexibility index (Phi) is 5.33. The molecule has 134 valence electrons. The summed E-state index contributed by atoms with van der Waals surface area (Å²) in [6.07, 6.45) is 3.53. The van der Waals surface area contributed by atoms with Gasteiger partial charge in [0.25, 0.3) is 0 Å². The first kappa shape index (κ1) is 18.2. The molecular weight excluding hydrogens is 342 g/mol. The van der Waals surface area contributed by atoms with Crippen LogP contribution in [-0.2, 0) is 5.88 Å². The predicted molar refractivity (Wildman–Crippen MR) is 98.4 cm³/mol. The maximum atomic E-state index is 12.5. The Balaban J connectivity index is 2.07. The first-order chi connectivity index (χ1) is 11.9. The molecule has 0 amide bonds. The average Bonchev–Trinajstić information content (AvgIpc) is 2.93. The van der Waals surface area contributed by atoms with Gasteiger partial charge in [-0.1, -0.05) is 50.6 Å². The van der Waals surface area contributed by atoms with Gasteiger partial charge in [-0.05, 0) is 58.6 Å². The van der Waals surface area contributed by atoms with Gasteiger partial charge in [-0.25, -0.2) is 0 Å². The molecule has 0 saturated heterocycles. The van der Waals surface area contributed by atoms with Gasteiger partial charge in [0.1, 0.15) is 5.75 Å². The fourth-order valence-electron chi connectivity index (χ4n) is 3.99. The summed E-state index contributed by atoms with van der Waals surface area (Å²) in [7, 11) is 0. The monoisotopic (exact) mass is 364 g/mol. The number of alkyl halides is 3. The first-order valence-corrected chi connectivity index (χ1v) is 9.18. The number of hydrogen-bond donors (Lipinski definition) is 0. The van der Waals surface area contributed by atoms with Crippen LogP contribution in [0.15, 0.2) is 42.5 Å². The van der Waals surface area contributed by atoms with Gasteiger partial charge in [0.2, 0.25) is 0 Å². The number of benzene rings is 2. The van der Waals surface area contributed by atoms with Crippen LogP contribution in [0.3, 0.4) is 0 Å². The van der Waals surface area contributed by atoms with E-state index in [0.29, 0.717) is 11.8 Å². The molecular formula is C21H23ClF2O. The Morgan fingerprint density at radius 3 is 2.64 bits per heavy atom. The molecule has 0 aromatic heterocycles. The average molecular weight is 365 g/mol. The minimum absolute atomic E-state index is 0.186. The Labute approximate surface area is 153 Å². The molecule has 4 heteroatoms. The van der Waals surface area contributed by atoms with E-state index in [2.05, 4.69) is 30.7 Å². The smallest absolute Gasteiger partial charge is 0.387 e. The Morgan fingerprint density at radius 2 is 2.00 bits per heavy atom. The molecule has 1 fully saturated rings. The van der Waals surface area contributed by atoms with Crippen LogP contribution in [0, 0.1) is 5.41 Å². The van der Waals surface area contributed by atoms with Gasteiger partial charge in [-0.2, -0.15) is 8.78 Å². The van der Waals surface area contributed by atoms with Gasteiger partial charge in [0, 0.05) is 5.88 Å². The van der Waals surface area contributed by atoms with E-state index in [4.69, 9.17) is 11.6 Å². The van der Waals surface area contributed by atoms with Crippen molar-refractivity contribution in [3.05, 3.63) is 53.6 Å². The standard InChI is InChI=1S/C21H23ClF2O/c1-21(2)10-4-7-19(21)18-11-14(13-22)8-9-17(18)15-5-3-6-16(12-15)25-20(23)24/h3,5-6,8-9,11-12,19-20H,4,7,10,13H2,1-2H3/t19-/m0/s1. The lowest BCUT2D eigenvalue weighted by Crippen LogP contribution is -2.16. The molecule has 0 spiro atoms. The second-order valence-electron chi connectivity index (χ2n) is 7.39. The van der Waals surface area contributed by atoms with Crippen molar-refractivity contribution in [2.45, 2.75) is 51.5 Å². The molecule has 0 radical (unpaired) electrons. The molecule has 2 aromatic rings. The molecule has 0 aliphatic heterocycles. The highest BCUT2D eigenvalue weighted by Gasteiger charge is 2.36. The molecule has 1 nitrogen and oxygen atoms in total. The summed E-state index contributed by atoms with van der Waals surface area (Å²) in [5, 5.41) is 0. The predicted octanol–water partition coefficient (Wildman–Crippen LogP) is 6.99. The Bertz CT molecular complexity index is 742. The lowest BCUT2D eigenvalue weighted by Gasteiger charge is -2.29. The van der Waals surface area contributed by atoms with Crippen LogP contribution in [0.2, 0.25) is 0 Å². The molecule has 0 N–H and O–H groups in total. The van der Waals surface area contributed by atoms with Gasteiger partial charge in [0.15, 0.2) is 0 Å². The maximum Gasteiger partial charge on any atom is 0.387 e. The zero-order chi connectivity index (χ0) is 18.0. The largest absolute Gasteiger partial charge is 0.435 e. The van der Waals surface area contributed by atoms with Crippen molar-refractivity contribution in [3.63, 3.8) is 0 Å². The summed E-state index contributed by atoms with van der Waals surface area (Å²) < 4.78 is 29.7. The van der Waals surface area contributed by atoms with Crippen LogP contribution in [0.25, 0.3) is 11.1 Å². The molecule has 3 rings (SSSR count). The molecule has 2 aromatic carbocycles. The minimum atomic E-state index is -2.82. The highest BCUT2D eigenvalue weighted by Crippen LogP contribution is 2.51. The summed E-state index contributed by atoms with van der Waals surface area (Å²) in [4.78, 5) is 0. The van der Waals surface area contributed by atoms with Crippen molar-refractivity contribution >= 4 is 11.6 Å². The molecule has 1 saturated carbocycles. The van der Waals surface area contributed by atoms with Crippen LogP contribution < -0.4 is 4.74 Å². The van der Waals surface area contributed by atoms with Crippen LogP contribution in [-0.4, -0.2) is 6.61 Å². The summed E-state index contributed by atoms with van der Waals surface area (Å²) >= 11 is 6.05. The third-order valence-corrected chi connectivity index (χ3v) is 5.58. The molecule has 25 heavy (non-hydrogen) atoms. The molecule has 0 unspecified atom stereocenters. The second kappa shape index (κ2) is 7.33. The zero-order valence-corrected chi connectivity index (χ0v) is 15.3. The SMILES string of the molecule is CC1(C)CCC[C@H]1c1cc(CCl)ccc1-c1cccc(OC(F)F)c1. The van der Waals surface area contributed by atoms with Crippen molar-refractivity contribution in [3.8, 4) is 16.9 Å². The Hall–Kier alpha value is -1.61. The van der Waals surface area contributed by atoms with Gasteiger partial charge in [0.05, 0.1) is 0 Å². The lowest BCUT2D eigenvalue weighted by molar-refractivity contribution is -0.0498. The van der Waals surface area contributed by atoms with E-state index in [-0.39, 0.29) is 11.2 Å². The van der Waals surface area contributed by atoms with Crippen LogP contribution in [0.4, 0.5) is 8.78 Å². The molecule has 1 atom stereocenters. The van der Waals surface area contributed by atoms with Gasteiger partial charge < -0.3 is 4.74 Å². The third-order valence-electron chi connectivity index (χ3n) is 5.27. The van der Waals surface area contributed by atoms with Crippen LogP contribution in [0.1, 0.15) is 50.2 Å². The summed E-state index contributed by atoms with van der Waals surface area (Å²) in [5.74, 6) is 1.09. The molecule has 1 aliphatic rings. The van der Waals surface area contributed by atoms with Crippen molar-refractivity contribution < 1.29 is 13.5 Å². The fourth-order valence-corrected chi connectivity index (χ4v) is 4.16. The second-order valence-corrected chi connectivity index (χ2v) is 7.66. The topological polar surface area (TPSA) is 9.23 Å². The number of rotatable bonds is 5. The van der Waals surface area contributed by atoms with E-state index in [1.54, 1.807) is 18.2 Å². The van der Waals surface area contributed by atoms with E-state index >= 15 is 0 Å². The number of halogens is 3. The number of ether oxygens (including phenoxy) is 1. The zero-order valence-electron chi connectivity index (χ0n) is 14.6. The molecule has 1 aliphatic carbocycles. The Morgan fingerprint density at radius 1 is 1.20 bits per heavy atom. The quantitative estimate of drug-likeness (QED) is 0.519. The van der Waals surface area contributed by atoms with E-state index < -0.39 is 6.61 Å². The molecule has 0 heterocycles. The minimum Gasteiger partial charge on any atom is -0.435 e. The molecule has 0 bridgehead atoms. The van der Waals surface area contributed by atoms with Crippen molar-refractivity contribution in [2.75, 3.05) is 0 Å². The van der Waals surface area contributed by atoms with E-state index in [9.17, 15) is 8.78 Å². The van der Waals surface area contributed by atoms with Crippen LogP contribution in [0.5, 0.6) is 5.75 Å². The number of hydrogen-bond acceptors (Lipinski definition) is 1. The van der Waals surface area contributed by atoms with E-state index in [1.807, 2.05) is 12.1 Å². The van der Waals surface area contributed by atoms with Crippen molar-refractivity contribution in [1.29, 1.82) is 0 Å².